The molecule has 1 fully saturated rings. The minimum absolute atomic E-state index is 0.0141. The average molecular weight is 397 g/mol. The summed E-state index contributed by atoms with van der Waals surface area (Å²) in [6.45, 7) is 6.54. The maximum atomic E-state index is 13.0. The molecule has 1 aromatic heterocycles. The fourth-order valence-electron chi connectivity index (χ4n) is 3.74. The van der Waals surface area contributed by atoms with Crippen molar-refractivity contribution in [2.24, 2.45) is 5.92 Å². The van der Waals surface area contributed by atoms with Crippen molar-refractivity contribution < 1.29 is 19.1 Å². The number of carbonyl (C=O) groups is 3. The Kier molecular flexibility index (Phi) is 6.36. The third-order valence-corrected chi connectivity index (χ3v) is 5.33. The summed E-state index contributed by atoms with van der Waals surface area (Å²) in [5.74, 6) is -0.710. The number of nitrogens with zero attached hydrogens (tertiary/aromatic N) is 1. The molecule has 0 bridgehead atoms. The summed E-state index contributed by atoms with van der Waals surface area (Å²) in [4.78, 5) is 42.4. The van der Waals surface area contributed by atoms with Crippen LogP contribution in [0.2, 0.25) is 0 Å². The van der Waals surface area contributed by atoms with Crippen molar-refractivity contribution in [3.8, 4) is 0 Å². The Labute approximate surface area is 170 Å². The van der Waals surface area contributed by atoms with Gasteiger partial charge in [0.15, 0.2) is 0 Å². The minimum atomic E-state index is -0.422. The van der Waals surface area contributed by atoms with Gasteiger partial charge in [0.1, 0.15) is 5.69 Å². The fourth-order valence-corrected chi connectivity index (χ4v) is 3.74. The number of aryl methyl sites for hydroxylation is 1. The Balaban J connectivity index is 1.62. The van der Waals surface area contributed by atoms with Crippen LogP contribution < -0.4 is 5.32 Å². The third-order valence-electron chi connectivity index (χ3n) is 5.33. The molecule has 0 unspecified atom stereocenters. The van der Waals surface area contributed by atoms with Crippen molar-refractivity contribution in [1.82, 2.24) is 9.88 Å². The van der Waals surface area contributed by atoms with E-state index in [1.54, 1.807) is 25.7 Å². The number of nitrogens with one attached hydrogen (secondary N) is 2. The summed E-state index contributed by atoms with van der Waals surface area (Å²) >= 11 is 0. The monoisotopic (exact) mass is 397 g/mol. The van der Waals surface area contributed by atoms with Gasteiger partial charge >= 0.3 is 5.97 Å². The van der Waals surface area contributed by atoms with Crippen LogP contribution >= 0.6 is 0 Å². The Bertz CT molecular complexity index is 896. The van der Waals surface area contributed by atoms with E-state index in [4.69, 9.17) is 4.74 Å². The summed E-state index contributed by atoms with van der Waals surface area (Å²) in [5, 5.41) is 2.93. The van der Waals surface area contributed by atoms with Crippen LogP contribution in [-0.4, -0.2) is 47.4 Å². The highest BCUT2D eigenvalue weighted by Crippen LogP contribution is 2.24. The van der Waals surface area contributed by atoms with Crippen LogP contribution in [0, 0.1) is 19.8 Å². The van der Waals surface area contributed by atoms with Crippen LogP contribution in [0.1, 0.15) is 51.9 Å². The molecule has 2 N–H and O–H groups in total. The zero-order chi connectivity index (χ0) is 21.0. The van der Waals surface area contributed by atoms with Crippen molar-refractivity contribution in [3.05, 3.63) is 52.8 Å². The average Bonchev–Trinajstić information content (AvgIpc) is 3.02. The van der Waals surface area contributed by atoms with Crippen molar-refractivity contribution in [2.45, 2.75) is 33.6 Å². The molecular formula is C22H27N3O4. The molecule has 7 nitrogen and oxygen atoms in total. The van der Waals surface area contributed by atoms with Crippen LogP contribution in [0.5, 0.6) is 0 Å². The summed E-state index contributed by atoms with van der Waals surface area (Å²) in [6, 6.07) is 9.36. The number of amides is 2. The first kappa shape index (κ1) is 20.6. The molecule has 1 aromatic carbocycles. The lowest BCUT2D eigenvalue weighted by molar-refractivity contribution is -0.121. The van der Waals surface area contributed by atoms with E-state index in [9.17, 15) is 14.4 Å². The zero-order valence-corrected chi connectivity index (χ0v) is 17.1. The molecule has 0 saturated carbocycles. The third kappa shape index (κ3) is 4.50. The number of H-pyrrole nitrogens is 1. The van der Waals surface area contributed by atoms with E-state index in [-0.39, 0.29) is 24.3 Å². The maximum absolute atomic E-state index is 13.0. The molecule has 29 heavy (non-hydrogen) atoms. The number of ether oxygens (including phenoxy) is 1. The Morgan fingerprint density at radius 2 is 1.79 bits per heavy atom. The smallest absolute Gasteiger partial charge is 0.340 e. The van der Waals surface area contributed by atoms with Crippen LogP contribution in [0.25, 0.3) is 0 Å². The van der Waals surface area contributed by atoms with E-state index in [1.165, 1.54) is 0 Å². The summed E-state index contributed by atoms with van der Waals surface area (Å²) in [5.41, 5.74) is 2.85. The van der Waals surface area contributed by atoms with Gasteiger partial charge in [-0.1, -0.05) is 18.2 Å². The number of aromatic amines is 1. The highest BCUT2D eigenvalue weighted by molar-refractivity contribution is 6.00. The minimum Gasteiger partial charge on any atom is -0.462 e. The molecule has 1 saturated heterocycles. The largest absolute Gasteiger partial charge is 0.462 e. The molecule has 1 aliphatic rings. The second-order valence-electron chi connectivity index (χ2n) is 7.27. The van der Waals surface area contributed by atoms with E-state index in [0.29, 0.717) is 48.4 Å². The second kappa shape index (κ2) is 8.94. The predicted molar refractivity (Wildman–Crippen MR) is 110 cm³/mol. The lowest BCUT2D eigenvalue weighted by Crippen LogP contribution is -2.41. The number of benzene rings is 1. The maximum Gasteiger partial charge on any atom is 0.340 e. The molecule has 154 valence electrons. The summed E-state index contributed by atoms with van der Waals surface area (Å²) in [6.07, 6.45) is 1.21. The number of anilines is 1. The van der Waals surface area contributed by atoms with Gasteiger partial charge in [0.05, 0.1) is 12.2 Å². The molecule has 1 aliphatic heterocycles. The van der Waals surface area contributed by atoms with Crippen LogP contribution in [0.15, 0.2) is 30.3 Å². The first-order chi connectivity index (χ1) is 13.9. The molecule has 2 heterocycles. The van der Waals surface area contributed by atoms with E-state index < -0.39 is 5.97 Å². The molecule has 3 rings (SSSR count). The molecule has 0 spiro atoms. The van der Waals surface area contributed by atoms with Gasteiger partial charge in [-0.3, -0.25) is 9.59 Å². The van der Waals surface area contributed by atoms with Gasteiger partial charge < -0.3 is 19.9 Å². The van der Waals surface area contributed by atoms with Crippen LogP contribution in [-0.2, 0) is 9.53 Å². The molecule has 0 aliphatic carbocycles. The number of rotatable bonds is 5. The van der Waals surface area contributed by atoms with Gasteiger partial charge in [-0.15, -0.1) is 0 Å². The summed E-state index contributed by atoms with van der Waals surface area (Å²) < 4.78 is 5.09. The molecule has 2 aromatic rings. The molecular weight excluding hydrogens is 370 g/mol. The van der Waals surface area contributed by atoms with E-state index in [2.05, 4.69) is 10.3 Å². The Morgan fingerprint density at radius 3 is 2.41 bits per heavy atom. The van der Waals surface area contributed by atoms with Gasteiger partial charge in [-0.25, -0.2) is 4.79 Å². The fraction of sp³-hybridized carbons (Fsp3) is 0.409. The number of esters is 1. The van der Waals surface area contributed by atoms with Crippen molar-refractivity contribution in [2.75, 3.05) is 25.0 Å². The number of para-hydroxylation sites is 1. The van der Waals surface area contributed by atoms with Crippen LogP contribution in [0.4, 0.5) is 5.69 Å². The van der Waals surface area contributed by atoms with E-state index in [1.807, 2.05) is 30.3 Å². The topological polar surface area (TPSA) is 91.5 Å². The SMILES string of the molecule is CCOC(=O)c1c(C)[nH]c(C(=O)N2CCC(C(=O)Nc3ccccc3)CC2)c1C. The van der Waals surface area contributed by atoms with Crippen LogP contribution in [0.3, 0.4) is 0 Å². The number of hydrogen-bond donors (Lipinski definition) is 2. The van der Waals surface area contributed by atoms with Gasteiger partial charge in [-0.05, 0) is 51.3 Å². The second-order valence-corrected chi connectivity index (χ2v) is 7.27. The number of aromatic nitrogens is 1. The highest BCUT2D eigenvalue weighted by atomic mass is 16.5. The predicted octanol–water partition coefficient (Wildman–Crippen LogP) is 3.30. The highest BCUT2D eigenvalue weighted by Gasteiger charge is 2.30. The van der Waals surface area contributed by atoms with Crippen molar-refractivity contribution >= 4 is 23.5 Å². The first-order valence-electron chi connectivity index (χ1n) is 9.93. The first-order valence-corrected chi connectivity index (χ1v) is 9.93. The molecule has 2 amide bonds. The quantitative estimate of drug-likeness (QED) is 0.758. The standard InChI is InChI=1S/C22H27N3O4/c1-4-29-22(28)18-14(2)19(23-15(18)3)21(27)25-12-10-16(11-13-25)20(26)24-17-8-6-5-7-9-17/h5-9,16,23H,4,10-13H2,1-3H3,(H,24,26). The van der Waals surface area contributed by atoms with Gasteiger partial charge in [0, 0.05) is 30.4 Å². The zero-order valence-electron chi connectivity index (χ0n) is 17.1. The van der Waals surface area contributed by atoms with Gasteiger partial charge in [0.2, 0.25) is 5.91 Å². The molecule has 0 atom stereocenters. The molecule has 0 radical (unpaired) electrons. The van der Waals surface area contributed by atoms with Crippen molar-refractivity contribution in [3.63, 3.8) is 0 Å². The lowest BCUT2D eigenvalue weighted by Gasteiger charge is -2.31. The molecule has 7 heteroatoms. The van der Waals surface area contributed by atoms with Gasteiger partial charge in [-0.2, -0.15) is 0 Å². The number of piperidine rings is 1. The normalized spacial score (nSPS) is 14.5. The van der Waals surface area contributed by atoms with E-state index >= 15 is 0 Å². The van der Waals surface area contributed by atoms with Crippen molar-refractivity contribution in [1.29, 1.82) is 0 Å². The summed E-state index contributed by atoms with van der Waals surface area (Å²) in [7, 11) is 0. The Hall–Kier alpha value is -3.09. The number of likely N-dealkylation sites (tertiary alicyclic amines) is 1. The number of hydrogen-bond acceptors (Lipinski definition) is 4. The van der Waals surface area contributed by atoms with E-state index in [0.717, 1.165) is 5.69 Å². The lowest BCUT2D eigenvalue weighted by atomic mass is 9.95. The van der Waals surface area contributed by atoms with Gasteiger partial charge in [0.25, 0.3) is 5.91 Å². The number of carbonyl (C=O) groups excluding carboxylic acids is 3. The Morgan fingerprint density at radius 1 is 1.14 bits per heavy atom.